The van der Waals surface area contributed by atoms with E-state index in [0.29, 0.717) is 17.2 Å². The van der Waals surface area contributed by atoms with Crippen LogP contribution in [0.4, 0.5) is 12.9 Å². The van der Waals surface area contributed by atoms with Crippen LogP contribution in [0.3, 0.4) is 0 Å². The number of hydrogen-bond acceptors (Lipinski definition) is 2. The van der Waals surface area contributed by atoms with E-state index in [1.54, 1.807) is 7.11 Å². The number of methoxy groups -OCH3 is 2. The minimum absolute atomic E-state index is 0.304. The summed E-state index contributed by atoms with van der Waals surface area (Å²) in [6.45, 7) is 16.0. The highest BCUT2D eigenvalue weighted by atomic mass is 31.1. The minimum Gasteiger partial charge on any atom is -0.496 e. The largest absolute Gasteiger partial charge is 0.762 e. The van der Waals surface area contributed by atoms with Crippen LogP contribution in [0.1, 0.15) is 65.5 Å². The van der Waals surface area contributed by atoms with Crippen molar-refractivity contribution in [1.29, 1.82) is 0 Å². The van der Waals surface area contributed by atoms with E-state index < -0.39 is 7.54 Å². The number of fused-ring (bicyclic) bond motifs is 1. The number of rotatable bonds is 5. The SMILES string of the molecule is COc1cc(P(C(C)C)C(C)C)c(OC)c2c1C(C)C(C)=C2C.FB(F)F. The summed E-state index contributed by atoms with van der Waals surface area (Å²) in [5.41, 5.74) is 6.59. The Morgan fingerprint density at radius 2 is 1.48 bits per heavy atom. The highest BCUT2D eigenvalue weighted by Crippen LogP contribution is 2.54. The molecule has 0 radical (unpaired) electrons. The summed E-state index contributed by atoms with van der Waals surface area (Å²) in [6.07, 6.45) is 0. The van der Waals surface area contributed by atoms with Gasteiger partial charge in [-0.05, 0) is 36.8 Å². The van der Waals surface area contributed by atoms with Crippen LogP contribution in [-0.4, -0.2) is 33.1 Å². The van der Waals surface area contributed by atoms with Crippen LogP contribution >= 0.6 is 7.92 Å². The van der Waals surface area contributed by atoms with Crippen LogP contribution in [0.25, 0.3) is 5.57 Å². The second kappa shape index (κ2) is 9.86. The standard InChI is InChI=1S/C20H31O2P.BF3/c1-11(2)23(12(3)4)17-10-16(21-8)18-14(6)13(5)15(7)19(18)20(17)22-9;2-1(3)4/h10-12,14H,1-9H3;. The molecule has 2 rings (SSSR count). The molecule has 1 aromatic carbocycles. The van der Waals surface area contributed by atoms with Crippen molar-refractivity contribution < 1.29 is 22.4 Å². The molecule has 0 heterocycles. The molecule has 0 fully saturated rings. The van der Waals surface area contributed by atoms with Crippen molar-refractivity contribution in [1.82, 2.24) is 0 Å². The number of benzene rings is 1. The Kier molecular flexibility index (Phi) is 8.72. The summed E-state index contributed by atoms with van der Waals surface area (Å²) in [5, 5.41) is 1.35. The van der Waals surface area contributed by atoms with Gasteiger partial charge in [0.25, 0.3) is 0 Å². The van der Waals surface area contributed by atoms with E-state index in [4.69, 9.17) is 9.47 Å². The molecule has 1 aromatic rings. The lowest BCUT2D eigenvalue weighted by Crippen LogP contribution is -2.19. The zero-order valence-electron chi connectivity index (χ0n) is 17.8. The van der Waals surface area contributed by atoms with E-state index in [2.05, 4.69) is 54.5 Å². The molecule has 0 saturated heterocycles. The van der Waals surface area contributed by atoms with Gasteiger partial charge in [0.15, 0.2) is 0 Å². The van der Waals surface area contributed by atoms with Crippen LogP contribution in [0.5, 0.6) is 11.5 Å². The molecule has 0 N–H and O–H groups in total. The Hall–Kier alpha value is -1.16. The molecule has 1 unspecified atom stereocenters. The molecule has 2 nitrogen and oxygen atoms in total. The first-order chi connectivity index (χ1) is 12.5. The average Bonchev–Trinajstić information content (AvgIpc) is 2.78. The molecule has 152 valence electrons. The van der Waals surface area contributed by atoms with Gasteiger partial charge < -0.3 is 9.47 Å². The van der Waals surface area contributed by atoms with E-state index in [9.17, 15) is 12.9 Å². The summed E-state index contributed by atoms with van der Waals surface area (Å²) in [4.78, 5) is 0. The molecule has 0 aromatic heterocycles. The van der Waals surface area contributed by atoms with Crippen LogP contribution in [0.15, 0.2) is 11.6 Å². The maximum atomic E-state index is 9.67. The zero-order chi connectivity index (χ0) is 21.0. The van der Waals surface area contributed by atoms with Crippen molar-refractivity contribution in [3.05, 3.63) is 22.8 Å². The Bertz CT molecular complexity index is 680. The molecule has 27 heavy (non-hydrogen) atoms. The second-order valence-corrected chi connectivity index (χ2v) is 10.7. The molecule has 1 aliphatic carbocycles. The second-order valence-electron chi connectivity index (χ2n) is 7.29. The fourth-order valence-electron chi connectivity index (χ4n) is 3.90. The molecule has 7 heteroatoms. The Morgan fingerprint density at radius 3 is 1.85 bits per heavy atom. The molecule has 0 saturated carbocycles. The van der Waals surface area contributed by atoms with Crippen LogP contribution < -0.4 is 14.8 Å². The monoisotopic (exact) mass is 402 g/mol. The topological polar surface area (TPSA) is 18.5 Å². The molecular weight excluding hydrogens is 371 g/mol. The van der Waals surface area contributed by atoms with Gasteiger partial charge in [-0.2, -0.15) is 0 Å². The summed E-state index contributed by atoms with van der Waals surface area (Å²) in [5.74, 6) is 2.50. The number of ether oxygens (including phenoxy) is 2. The Labute approximate surface area is 163 Å². The molecule has 1 aliphatic rings. The van der Waals surface area contributed by atoms with Crippen molar-refractivity contribution >= 4 is 26.3 Å². The van der Waals surface area contributed by atoms with Crippen LogP contribution in [-0.2, 0) is 0 Å². The van der Waals surface area contributed by atoms with Crippen LogP contribution in [0, 0.1) is 0 Å². The molecule has 1 atom stereocenters. The van der Waals surface area contributed by atoms with Gasteiger partial charge in [-0.1, -0.05) is 48.1 Å². The molecule has 0 spiro atoms. The minimum atomic E-state index is -3.67. The van der Waals surface area contributed by atoms with Gasteiger partial charge >= 0.3 is 7.54 Å². The lowest BCUT2D eigenvalue weighted by molar-refractivity contribution is 0.400. The van der Waals surface area contributed by atoms with Crippen molar-refractivity contribution in [2.45, 2.75) is 65.7 Å². The smallest absolute Gasteiger partial charge is 0.496 e. The van der Waals surface area contributed by atoms with Gasteiger partial charge in [0.2, 0.25) is 0 Å². The summed E-state index contributed by atoms with van der Waals surface area (Å²) in [7, 11) is -0.374. The predicted octanol–water partition coefficient (Wildman–Crippen LogP) is 6.42. The van der Waals surface area contributed by atoms with E-state index in [0.717, 1.165) is 11.5 Å². The summed E-state index contributed by atoms with van der Waals surface area (Å²) >= 11 is 0. The number of allylic oxidation sites excluding steroid dienone is 2. The van der Waals surface area contributed by atoms with Gasteiger partial charge in [0.1, 0.15) is 11.5 Å². The predicted molar refractivity (Wildman–Crippen MR) is 112 cm³/mol. The van der Waals surface area contributed by atoms with E-state index >= 15 is 0 Å². The normalized spacial score (nSPS) is 15.9. The van der Waals surface area contributed by atoms with Crippen molar-refractivity contribution in [3.63, 3.8) is 0 Å². The number of halogens is 3. The summed E-state index contributed by atoms with van der Waals surface area (Å²) < 4.78 is 40.8. The quantitative estimate of drug-likeness (QED) is 0.418. The first-order valence-electron chi connectivity index (χ1n) is 9.16. The van der Waals surface area contributed by atoms with Gasteiger partial charge in [-0.25, -0.2) is 0 Å². The average molecular weight is 402 g/mol. The van der Waals surface area contributed by atoms with E-state index in [1.165, 1.54) is 27.6 Å². The third kappa shape index (κ3) is 5.02. The van der Waals surface area contributed by atoms with Gasteiger partial charge in [0.05, 0.1) is 14.2 Å². The highest BCUT2D eigenvalue weighted by molar-refractivity contribution is 7.67. The first kappa shape index (κ1) is 23.9. The fourth-order valence-corrected chi connectivity index (χ4v) is 6.91. The number of hydrogen-bond donors (Lipinski definition) is 0. The van der Waals surface area contributed by atoms with E-state index in [1.807, 2.05) is 7.11 Å². The zero-order valence-corrected chi connectivity index (χ0v) is 18.7. The van der Waals surface area contributed by atoms with Gasteiger partial charge in [0, 0.05) is 22.3 Å². The summed E-state index contributed by atoms with van der Waals surface area (Å²) in [6, 6.07) is 2.26. The van der Waals surface area contributed by atoms with Crippen molar-refractivity contribution in [2.75, 3.05) is 14.2 Å². The van der Waals surface area contributed by atoms with Gasteiger partial charge in [-0.3, -0.25) is 12.9 Å². The van der Waals surface area contributed by atoms with Crippen LogP contribution in [0.2, 0.25) is 0 Å². The third-order valence-electron chi connectivity index (χ3n) is 5.13. The Balaban J connectivity index is 0.000000828. The fraction of sp³-hybridized carbons (Fsp3) is 0.600. The van der Waals surface area contributed by atoms with E-state index in [-0.39, 0.29) is 7.92 Å². The lowest BCUT2D eigenvalue weighted by atomic mass is 9.97. The highest BCUT2D eigenvalue weighted by Gasteiger charge is 2.34. The lowest BCUT2D eigenvalue weighted by Gasteiger charge is -2.30. The van der Waals surface area contributed by atoms with Gasteiger partial charge in [-0.15, -0.1) is 0 Å². The molecular formula is C20H31BF3O2P. The van der Waals surface area contributed by atoms with Crippen molar-refractivity contribution in [3.8, 4) is 11.5 Å². The maximum absolute atomic E-state index is 9.67. The maximum Gasteiger partial charge on any atom is 0.762 e. The molecule has 0 bridgehead atoms. The first-order valence-corrected chi connectivity index (χ1v) is 10.6. The molecule has 0 amide bonds. The van der Waals surface area contributed by atoms with Crippen molar-refractivity contribution in [2.24, 2.45) is 0 Å². The third-order valence-corrected chi connectivity index (χ3v) is 8.24. The molecule has 0 aliphatic heterocycles. The Morgan fingerprint density at radius 1 is 1.00 bits per heavy atom.